The van der Waals surface area contributed by atoms with Gasteiger partial charge in [-0.1, -0.05) is 12.1 Å². The van der Waals surface area contributed by atoms with E-state index in [0.29, 0.717) is 5.92 Å². The second kappa shape index (κ2) is 5.84. The lowest BCUT2D eigenvalue weighted by Gasteiger charge is -2.28. The molecule has 1 aliphatic carbocycles. The highest BCUT2D eigenvalue weighted by Crippen LogP contribution is 2.35. The first-order chi connectivity index (χ1) is 8.33. The van der Waals surface area contributed by atoms with E-state index in [1.807, 2.05) is 12.1 Å². The molecule has 1 aliphatic rings. The number of rotatable bonds is 3. The largest absolute Gasteiger partial charge is 0.384 e. The smallest absolute Gasteiger partial charge is 0.0991 e. The Kier molecular flexibility index (Phi) is 4.17. The van der Waals surface area contributed by atoms with Gasteiger partial charge in [0.25, 0.3) is 0 Å². The average molecular weight is 229 g/mol. The number of nitriles is 1. The van der Waals surface area contributed by atoms with Crippen LogP contribution in [0, 0.1) is 17.2 Å². The fraction of sp³-hybridized carbons (Fsp3) is 0.533. The number of hydrogen-bond donors (Lipinski definition) is 0. The Labute approximate surface area is 103 Å². The van der Waals surface area contributed by atoms with Crippen LogP contribution in [0.1, 0.15) is 42.7 Å². The summed E-state index contributed by atoms with van der Waals surface area (Å²) >= 11 is 0. The first kappa shape index (κ1) is 12.1. The van der Waals surface area contributed by atoms with Crippen molar-refractivity contribution in [3.05, 3.63) is 35.4 Å². The summed E-state index contributed by atoms with van der Waals surface area (Å²) in [4.78, 5) is 0. The summed E-state index contributed by atoms with van der Waals surface area (Å²) in [5, 5.41) is 8.77. The molecule has 1 fully saturated rings. The van der Waals surface area contributed by atoms with Gasteiger partial charge in [0.05, 0.1) is 11.6 Å². The van der Waals surface area contributed by atoms with Crippen LogP contribution in [0.4, 0.5) is 0 Å². The lowest BCUT2D eigenvalue weighted by molar-refractivity contribution is 0.127. The highest BCUT2D eigenvalue weighted by molar-refractivity contribution is 5.33. The van der Waals surface area contributed by atoms with Crippen molar-refractivity contribution in [1.82, 2.24) is 0 Å². The molecule has 1 aromatic carbocycles. The van der Waals surface area contributed by atoms with Gasteiger partial charge in [-0.3, -0.25) is 0 Å². The second-order valence-electron chi connectivity index (χ2n) is 4.91. The van der Waals surface area contributed by atoms with Crippen molar-refractivity contribution in [3.8, 4) is 6.07 Å². The van der Waals surface area contributed by atoms with E-state index < -0.39 is 0 Å². The van der Waals surface area contributed by atoms with Gasteiger partial charge in [0.2, 0.25) is 0 Å². The minimum absolute atomic E-state index is 0.677. The number of hydrogen-bond acceptors (Lipinski definition) is 2. The second-order valence-corrected chi connectivity index (χ2v) is 4.91. The summed E-state index contributed by atoms with van der Waals surface area (Å²) in [5.74, 6) is 1.42. The molecule has 90 valence electrons. The van der Waals surface area contributed by atoms with Crippen LogP contribution >= 0.6 is 0 Å². The third-order valence-electron chi connectivity index (χ3n) is 3.76. The van der Waals surface area contributed by atoms with E-state index in [0.717, 1.165) is 18.1 Å². The molecule has 0 unspecified atom stereocenters. The van der Waals surface area contributed by atoms with E-state index in [1.54, 1.807) is 7.11 Å². The normalized spacial score (nSPS) is 24.2. The maximum Gasteiger partial charge on any atom is 0.0991 e. The van der Waals surface area contributed by atoms with Crippen molar-refractivity contribution in [1.29, 1.82) is 5.26 Å². The van der Waals surface area contributed by atoms with E-state index >= 15 is 0 Å². The van der Waals surface area contributed by atoms with Crippen molar-refractivity contribution in [3.63, 3.8) is 0 Å². The third-order valence-corrected chi connectivity index (χ3v) is 3.76. The summed E-state index contributed by atoms with van der Waals surface area (Å²) in [6.45, 7) is 0.903. The lowest BCUT2D eigenvalue weighted by atomic mass is 9.79. The van der Waals surface area contributed by atoms with Crippen molar-refractivity contribution in [2.24, 2.45) is 5.92 Å². The molecule has 0 aromatic heterocycles. The molecule has 2 nitrogen and oxygen atoms in total. The molecule has 0 atom stereocenters. The van der Waals surface area contributed by atoms with Crippen molar-refractivity contribution >= 4 is 0 Å². The molecule has 0 bridgehead atoms. The Morgan fingerprint density at radius 2 is 1.82 bits per heavy atom. The van der Waals surface area contributed by atoms with Crippen LogP contribution in [0.3, 0.4) is 0 Å². The molecule has 0 N–H and O–H groups in total. The molecule has 0 radical (unpaired) electrons. The summed E-state index contributed by atoms with van der Waals surface area (Å²) in [5.41, 5.74) is 2.14. The molecule has 0 amide bonds. The van der Waals surface area contributed by atoms with E-state index in [2.05, 4.69) is 18.2 Å². The molecule has 0 saturated heterocycles. The fourth-order valence-corrected chi connectivity index (χ4v) is 2.73. The monoisotopic (exact) mass is 229 g/mol. The molecule has 2 heteroatoms. The number of benzene rings is 1. The van der Waals surface area contributed by atoms with Crippen LogP contribution in [0.2, 0.25) is 0 Å². The van der Waals surface area contributed by atoms with Gasteiger partial charge in [-0.2, -0.15) is 5.26 Å². The van der Waals surface area contributed by atoms with Gasteiger partial charge in [-0.15, -0.1) is 0 Å². The molecule has 17 heavy (non-hydrogen) atoms. The Hall–Kier alpha value is -1.33. The van der Waals surface area contributed by atoms with Gasteiger partial charge in [-0.05, 0) is 55.2 Å². The zero-order valence-electron chi connectivity index (χ0n) is 10.4. The minimum Gasteiger partial charge on any atom is -0.384 e. The number of methoxy groups -OCH3 is 1. The van der Waals surface area contributed by atoms with Gasteiger partial charge in [0.15, 0.2) is 0 Å². The predicted molar refractivity (Wildman–Crippen MR) is 67.7 cm³/mol. The molecular formula is C15H19NO. The van der Waals surface area contributed by atoms with E-state index in [-0.39, 0.29) is 0 Å². The Morgan fingerprint density at radius 3 is 2.35 bits per heavy atom. The highest BCUT2D eigenvalue weighted by Gasteiger charge is 2.21. The molecule has 2 rings (SSSR count). The first-order valence-corrected chi connectivity index (χ1v) is 6.32. The molecule has 0 heterocycles. The zero-order valence-corrected chi connectivity index (χ0v) is 10.4. The van der Waals surface area contributed by atoms with E-state index in [9.17, 15) is 0 Å². The maximum atomic E-state index is 8.77. The maximum absolute atomic E-state index is 8.77. The SMILES string of the molecule is COC[C@H]1CC[C@H](c2ccc(C#N)cc2)CC1. The van der Waals surface area contributed by atoms with Crippen LogP contribution in [0.5, 0.6) is 0 Å². The molecule has 0 aliphatic heterocycles. The standard InChI is InChI=1S/C15H19NO/c1-17-11-13-4-8-15(9-5-13)14-6-2-12(10-16)3-7-14/h2-3,6-7,13,15H,4-5,8-9,11H2,1H3/t13-,15-. The van der Waals surface area contributed by atoms with Gasteiger partial charge >= 0.3 is 0 Å². The third kappa shape index (κ3) is 3.08. The van der Waals surface area contributed by atoms with Gasteiger partial charge in [0.1, 0.15) is 0 Å². The highest BCUT2D eigenvalue weighted by atomic mass is 16.5. The van der Waals surface area contributed by atoms with Crippen molar-refractivity contribution < 1.29 is 4.74 Å². The lowest BCUT2D eigenvalue weighted by Crippen LogP contribution is -2.17. The average Bonchev–Trinajstić information content (AvgIpc) is 2.40. The molecule has 1 aromatic rings. The van der Waals surface area contributed by atoms with Crippen LogP contribution < -0.4 is 0 Å². The van der Waals surface area contributed by atoms with Gasteiger partial charge in [0, 0.05) is 13.7 Å². The summed E-state index contributed by atoms with van der Waals surface area (Å²) in [7, 11) is 1.78. The van der Waals surface area contributed by atoms with Gasteiger partial charge in [-0.25, -0.2) is 0 Å². The molecular weight excluding hydrogens is 210 g/mol. The summed E-state index contributed by atoms with van der Waals surface area (Å²) in [6.07, 6.45) is 5.02. The predicted octanol–water partition coefficient (Wildman–Crippen LogP) is 3.48. The summed E-state index contributed by atoms with van der Waals surface area (Å²) < 4.78 is 5.22. The topological polar surface area (TPSA) is 33.0 Å². The molecule has 1 saturated carbocycles. The van der Waals surface area contributed by atoms with Crippen LogP contribution in [0.25, 0.3) is 0 Å². The quantitative estimate of drug-likeness (QED) is 0.795. The Bertz CT molecular complexity index is 382. The zero-order chi connectivity index (χ0) is 12.1. The van der Waals surface area contributed by atoms with Crippen LogP contribution in [-0.2, 0) is 4.74 Å². The number of nitrogens with zero attached hydrogens (tertiary/aromatic N) is 1. The van der Waals surface area contributed by atoms with Crippen LogP contribution in [-0.4, -0.2) is 13.7 Å². The number of ether oxygens (including phenoxy) is 1. The van der Waals surface area contributed by atoms with Crippen molar-refractivity contribution in [2.75, 3.05) is 13.7 Å². The molecule has 0 spiro atoms. The fourth-order valence-electron chi connectivity index (χ4n) is 2.73. The summed E-state index contributed by atoms with van der Waals surface area (Å²) in [6, 6.07) is 10.2. The van der Waals surface area contributed by atoms with Crippen molar-refractivity contribution in [2.45, 2.75) is 31.6 Å². The Balaban J connectivity index is 1.94. The van der Waals surface area contributed by atoms with E-state index in [1.165, 1.54) is 31.2 Å². The van der Waals surface area contributed by atoms with E-state index in [4.69, 9.17) is 10.00 Å². The van der Waals surface area contributed by atoms with Crippen LogP contribution in [0.15, 0.2) is 24.3 Å². The minimum atomic E-state index is 0.677. The van der Waals surface area contributed by atoms with Gasteiger partial charge < -0.3 is 4.74 Å². The Morgan fingerprint density at radius 1 is 1.18 bits per heavy atom. The first-order valence-electron chi connectivity index (χ1n) is 6.32.